The van der Waals surface area contributed by atoms with E-state index in [4.69, 9.17) is 11.6 Å². The molecule has 0 aliphatic rings. The molecule has 3 rings (SSSR count). The zero-order chi connectivity index (χ0) is 20.1. The van der Waals surface area contributed by atoms with Crippen LogP contribution in [-0.2, 0) is 4.79 Å². The number of aromatic nitrogens is 2. The SMILES string of the molecule is CC(=O)Nc1cccc(NC(=O)c2cc(Nc3cc(Cl)ccc3C)ncn2)c1. The molecular weight excluding hydrogens is 378 g/mol. The summed E-state index contributed by atoms with van der Waals surface area (Å²) >= 11 is 6.04. The van der Waals surface area contributed by atoms with Gasteiger partial charge in [-0.1, -0.05) is 23.7 Å². The van der Waals surface area contributed by atoms with Crippen LogP contribution in [0.2, 0.25) is 5.02 Å². The predicted molar refractivity (Wildman–Crippen MR) is 110 cm³/mol. The summed E-state index contributed by atoms with van der Waals surface area (Å²) in [5.74, 6) is -0.114. The molecule has 0 saturated carbocycles. The Morgan fingerprint density at radius 2 is 1.71 bits per heavy atom. The second-order valence-corrected chi connectivity index (χ2v) is 6.53. The molecule has 7 nitrogen and oxygen atoms in total. The number of hydrogen-bond donors (Lipinski definition) is 3. The van der Waals surface area contributed by atoms with Crippen LogP contribution >= 0.6 is 11.6 Å². The number of hydrogen-bond acceptors (Lipinski definition) is 5. The standard InChI is InChI=1S/C20H18ClN5O2/c1-12-6-7-14(21)8-17(12)26-19-10-18(22-11-23-19)20(28)25-16-5-3-4-15(9-16)24-13(2)27/h3-11H,1-2H3,(H,24,27)(H,25,28)(H,22,23,26). The molecule has 0 spiro atoms. The highest BCUT2D eigenvalue weighted by atomic mass is 35.5. The number of benzene rings is 2. The Bertz CT molecular complexity index is 1040. The van der Waals surface area contributed by atoms with Crippen LogP contribution in [0.1, 0.15) is 23.0 Å². The van der Waals surface area contributed by atoms with Gasteiger partial charge in [0.25, 0.3) is 5.91 Å². The van der Waals surface area contributed by atoms with Gasteiger partial charge in [-0.15, -0.1) is 0 Å². The van der Waals surface area contributed by atoms with Crippen LogP contribution < -0.4 is 16.0 Å². The van der Waals surface area contributed by atoms with Crippen molar-refractivity contribution in [1.82, 2.24) is 9.97 Å². The fourth-order valence-electron chi connectivity index (χ4n) is 2.49. The van der Waals surface area contributed by atoms with Crippen LogP contribution in [0.25, 0.3) is 0 Å². The van der Waals surface area contributed by atoms with Gasteiger partial charge in [-0.05, 0) is 42.8 Å². The largest absolute Gasteiger partial charge is 0.340 e. The third kappa shape index (κ3) is 5.05. The molecule has 3 aromatic rings. The highest BCUT2D eigenvalue weighted by molar-refractivity contribution is 6.30. The quantitative estimate of drug-likeness (QED) is 0.595. The lowest BCUT2D eigenvalue weighted by molar-refractivity contribution is -0.114. The fraction of sp³-hybridized carbons (Fsp3) is 0.100. The van der Waals surface area contributed by atoms with Crippen molar-refractivity contribution in [2.75, 3.05) is 16.0 Å². The van der Waals surface area contributed by atoms with Crippen molar-refractivity contribution in [3.05, 3.63) is 71.1 Å². The number of amides is 2. The molecule has 0 bridgehead atoms. The zero-order valence-electron chi connectivity index (χ0n) is 15.3. The minimum Gasteiger partial charge on any atom is -0.340 e. The van der Waals surface area contributed by atoms with Crippen LogP contribution in [0.15, 0.2) is 54.9 Å². The molecule has 2 aromatic carbocycles. The highest BCUT2D eigenvalue weighted by Gasteiger charge is 2.11. The minimum absolute atomic E-state index is 0.189. The molecule has 0 atom stereocenters. The number of halogens is 1. The van der Waals surface area contributed by atoms with E-state index in [9.17, 15) is 9.59 Å². The van der Waals surface area contributed by atoms with Gasteiger partial charge in [0.1, 0.15) is 17.8 Å². The first-order valence-electron chi connectivity index (χ1n) is 8.45. The lowest BCUT2D eigenvalue weighted by atomic mass is 10.2. The van der Waals surface area contributed by atoms with Crippen molar-refractivity contribution >= 4 is 46.3 Å². The molecule has 1 heterocycles. The second kappa shape index (κ2) is 8.49. The topological polar surface area (TPSA) is 96.0 Å². The van der Waals surface area contributed by atoms with Crippen LogP contribution in [0.5, 0.6) is 0 Å². The van der Waals surface area contributed by atoms with Crippen LogP contribution in [-0.4, -0.2) is 21.8 Å². The Hall–Kier alpha value is -3.45. The molecule has 0 saturated heterocycles. The van der Waals surface area contributed by atoms with Gasteiger partial charge in [0.2, 0.25) is 5.91 Å². The normalized spacial score (nSPS) is 10.2. The van der Waals surface area contributed by atoms with Gasteiger partial charge in [-0.25, -0.2) is 9.97 Å². The molecule has 1 aromatic heterocycles. The lowest BCUT2D eigenvalue weighted by Gasteiger charge is -2.10. The van der Waals surface area contributed by atoms with E-state index in [1.165, 1.54) is 13.3 Å². The first-order valence-corrected chi connectivity index (χ1v) is 8.83. The summed E-state index contributed by atoms with van der Waals surface area (Å²) in [5, 5.41) is 9.16. The first kappa shape index (κ1) is 19.3. The van der Waals surface area contributed by atoms with Crippen LogP contribution in [0, 0.1) is 6.92 Å². The molecule has 8 heteroatoms. The number of carbonyl (C=O) groups is 2. The van der Waals surface area contributed by atoms with Gasteiger partial charge >= 0.3 is 0 Å². The Balaban J connectivity index is 1.75. The molecule has 0 radical (unpaired) electrons. The monoisotopic (exact) mass is 395 g/mol. The van der Waals surface area contributed by atoms with E-state index in [-0.39, 0.29) is 11.6 Å². The number of nitrogens with zero attached hydrogens (tertiary/aromatic N) is 2. The van der Waals surface area contributed by atoms with Gasteiger partial charge in [0, 0.05) is 35.1 Å². The maximum Gasteiger partial charge on any atom is 0.274 e. The van der Waals surface area contributed by atoms with E-state index in [2.05, 4.69) is 25.9 Å². The third-order valence-corrected chi connectivity index (χ3v) is 4.04. The van der Waals surface area contributed by atoms with Gasteiger partial charge in [-0.3, -0.25) is 9.59 Å². The third-order valence-electron chi connectivity index (χ3n) is 3.80. The van der Waals surface area contributed by atoms with E-state index >= 15 is 0 Å². The molecule has 0 aliphatic carbocycles. The van der Waals surface area contributed by atoms with Crippen molar-refractivity contribution in [1.29, 1.82) is 0 Å². The van der Waals surface area contributed by atoms with Gasteiger partial charge in [-0.2, -0.15) is 0 Å². The molecule has 3 N–H and O–H groups in total. The Morgan fingerprint density at radius 3 is 2.46 bits per heavy atom. The maximum absolute atomic E-state index is 12.5. The lowest BCUT2D eigenvalue weighted by Crippen LogP contribution is -2.15. The highest BCUT2D eigenvalue weighted by Crippen LogP contribution is 2.23. The van der Waals surface area contributed by atoms with E-state index in [1.54, 1.807) is 42.5 Å². The van der Waals surface area contributed by atoms with Crippen molar-refractivity contribution in [2.45, 2.75) is 13.8 Å². The van der Waals surface area contributed by atoms with Gasteiger partial charge in [0.05, 0.1) is 0 Å². The maximum atomic E-state index is 12.5. The fourth-order valence-corrected chi connectivity index (χ4v) is 2.66. The van der Waals surface area contributed by atoms with Gasteiger partial charge in [0.15, 0.2) is 0 Å². The van der Waals surface area contributed by atoms with E-state index in [0.29, 0.717) is 22.2 Å². The summed E-state index contributed by atoms with van der Waals surface area (Å²) in [4.78, 5) is 31.9. The molecule has 2 amide bonds. The minimum atomic E-state index is -0.395. The summed E-state index contributed by atoms with van der Waals surface area (Å²) in [6, 6.07) is 13.9. The van der Waals surface area contributed by atoms with E-state index in [1.807, 2.05) is 13.0 Å². The average molecular weight is 396 g/mol. The second-order valence-electron chi connectivity index (χ2n) is 6.09. The molecule has 0 aliphatic heterocycles. The average Bonchev–Trinajstić information content (AvgIpc) is 2.65. The summed E-state index contributed by atoms with van der Waals surface area (Å²) < 4.78 is 0. The van der Waals surface area contributed by atoms with Crippen molar-refractivity contribution in [3.8, 4) is 0 Å². The van der Waals surface area contributed by atoms with E-state index in [0.717, 1.165) is 11.3 Å². The Morgan fingerprint density at radius 1 is 0.964 bits per heavy atom. The number of rotatable bonds is 5. The number of anilines is 4. The van der Waals surface area contributed by atoms with Gasteiger partial charge < -0.3 is 16.0 Å². The number of carbonyl (C=O) groups excluding carboxylic acids is 2. The number of aryl methyl sites for hydroxylation is 1. The molecule has 0 unspecified atom stereocenters. The van der Waals surface area contributed by atoms with Crippen LogP contribution in [0.3, 0.4) is 0 Å². The smallest absolute Gasteiger partial charge is 0.274 e. The summed E-state index contributed by atoms with van der Waals surface area (Å²) in [7, 11) is 0. The first-order chi connectivity index (χ1) is 13.4. The Labute approximate surface area is 167 Å². The molecule has 0 fully saturated rings. The van der Waals surface area contributed by atoms with Crippen molar-refractivity contribution in [2.24, 2.45) is 0 Å². The van der Waals surface area contributed by atoms with Crippen LogP contribution in [0.4, 0.5) is 22.9 Å². The zero-order valence-corrected chi connectivity index (χ0v) is 16.0. The van der Waals surface area contributed by atoms with Crippen molar-refractivity contribution < 1.29 is 9.59 Å². The predicted octanol–water partition coefficient (Wildman–Crippen LogP) is 4.39. The van der Waals surface area contributed by atoms with Crippen molar-refractivity contribution in [3.63, 3.8) is 0 Å². The van der Waals surface area contributed by atoms with E-state index < -0.39 is 5.91 Å². The molecule has 142 valence electrons. The molecular formula is C20H18ClN5O2. The number of nitrogens with one attached hydrogen (secondary N) is 3. The Kier molecular flexibility index (Phi) is 5.86. The summed E-state index contributed by atoms with van der Waals surface area (Å²) in [6.45, 7) is 3.36. The molecule has 28 heavy (non-hydrogen) atoms. The summed E-state index contributed by atoms with van der Waals surface area (Å²) in [6.07, 6.45) is 1.31. The summed E-state index contributed by atoms with van der Waals surface area (Å²) in [5.41, 5.74) is 3.10.